The molecule has 2 bridgehead atoms. The van der Waals surface area contributed by atoms with Gasteiger partial charge in [0.15, 0.2) is 0 Å². The Morgan fingerprint density at radius 3 is 1.83 bits per heavy atom. The standard InChI is InChI=1S/C10H14O2/c11-7-4-8(12)10-6-2-1-5(3-6)9(7)10/h1-2,5-12H,3-4H2/t5-,6+,7-,8+,9+,10-. The van der Waals surface area contributed by atoms with Crippen molar-refractivity contribution in [2.45, 2.75) is 25.0 Å². The molecule has 3 aliphatic carbocycles. The predicted molar refractivity (Wildman–Crippen MR) is 44.3 cm³/mol. The summed E-state index contributed by atoms with van der Waals surface area (Å²) in [6.45, 7) is 0. The maximum atomic E-state index is 9.70. The van der Waals surface area contributed by atoms with Crippen molar-refractivity contribution in [3.63, 3.8) is 0 Å². The minimum atomic E-state index is -0.245. The van der Waals surface area contributed by atoms with Crippen molar-refractivity contribution < 1.29 is 10.2 Å². The van der Waals surface area contributed by atoms with Crippen LogP contribution in [0.25, 0.3) is 0 Å². The van der Waals surface area contributed by atoms with E-state index in [4.69, 9.17) is 0 Å². The maximum absolute atomic E-state index is 9.70. The Bertz CT molecular complexity index is 214. The number of fused-ring (bicyclic) bond motifs is 5. The first kappa shape index (κ1) is 7.10. The Morgan fingerprint density at radius 2 is 1.33 bits per heavy atom. The lowest BCUT2D eigenvalue weighted by Gasteiger charge is -2.23. The van der Waals surface area contributed by atoms with E-state index in [2.05, 4.69) is 12.2 Å². The lowest BCUT2D eigenvalue weighted by atomic mass is 9.84. The first-order valence-electron chi connectivity index (χ1n) is 4.82. The van der Waals surface area contributed by atoms with Gasteiger partial charge in [-0.15, -0.1) is 0 Å². The highest BCUT2D eigenvalue weighted by Crippen LogP contribution is 2.55. The average molecular weight is 166 g/mol. The molecule has 2 N–H and O–H groups in total. The van der Waals surface area contributed by atoms with Gasteiger partial charge in [-0.1, -0.05) is 12.2 Å². The minimum Gasteiger partial charge on any atom is -0.393 e. The molecule has 2 fully saturated rings. The number of hydrogen-bond acceptors (Lipinski definition) is 2. The summed E-state index contributed by atoms with van der Waals surface area (Å²) in [6.07, 6.45) is 5.74. The summed E-state index contributed by atoms with van der Waals surface area (Å²) in [5, 5.41) is 19.4. The molecule has 3 aliphatic rings. The second kappa shape index (κ2) is 2.12. The normalized spacial score (nSPS) is 61.2. The van der Waals surface area contributed by atoms with Gasteiger partial charge in [-0.05, 0) is 36.5 Å². The van der Waals surface area contributed by atoms with Gasteiger partial charge in [-0.25, -0.2) is 0 Å². The summed E-state index contributed by atoms with van der Waals surface area (Å²) in [5.41, 5.74) is 0. The number of rotatable bonds is 0. The Balaban J connectivity index is 1.98. The highest BCUT2D eigenvalue weighted by molar-refractivity contribution is 5.18. The number of aliphatic hydroxyl groups is 2. The molecule has 0 aliphatic heterocycles. The summed E-state index contributed by atoms with van der Waals surface area (Å²) in [7, 11) is 0. The fraction of sp³-hybridized carbons (Fsp3) is 0.800. The summed E-state index contributed by atoms with van der Waals surface area (Å²) >= 11 is 0. The van der Waals surface area contributed by atoms with E-state index in [9.17, 15) is 10.2 Å². The molecule has 2 nitrogen and oxygen atoms in total. The van der Waals surface area contributed by atoms with Crippen molar-refractivity contribution in [2.24, 2.45) is 23.7 Å². The zero-order valence-corrected chi connectivity index (χ0v) is 6.93. The molecule has 0 spiro atoms. The van der Waals surface area contributed by atoms with Crippen molar-refractivity contribution in [3.05, 3.63) is 12.2 Å². The highest BCUT2D eigenvalue weighted by atomic mass is 16.3. The van der Waals surface area contributed by atoms with Crippen LogP contribution >= 0.6 is 0 Å². The molecule has 0 amide bonds. The maximum Gasteiger partial charge on any atom is 0.0602 e. The third-order valence-corrected chi connectivity index (χ3v) is 3.95. The van der Waals surface area contributed by atoms with Crippen LogP contribution in [-0.2, 0) is 0 Å². The Morgan fingerprint density at radius 1 is 0.833 bits per heavy atom. The topological polar surface area (TPSA) is 40.5 Å². The Kier molecular flexibility index (Phi) is 1.25. The first-order valence-corrected chi connectivity index (χ1v) is 4.82. The van der Waals surface area contributed by atoms with Crippen LogP contribution < -0.4 is 0 Å². The predicted octanol–water partition coefficient (Wildman–Crippen LogP) is 0.550. The fourth-order valence-electron chi connectivity index (χ4n) is 3.54. The quantitative estimate of drug-likeness (QED) is 0.516. The molecular weight excluding hydrogens is 152 g/mol. The van der Waals surface area contributed by atoms with Gasteiger partial charge in [-0.3, -0.25) is 0 Å². The molecule has 2 heteroatoms. The van der Waals surface area contributed by atoms with Crippen molar-refractivity contribution in [3.8, 4) is 0 Å². The molecule has 0 aromatic rings. The fourth-order valence-corrected chi connectivity index (χ4v) is 3.54. The van der Waals surface area contributed by atoms with Gasteiger partial charge in [0.05, 0.1) is 12.2 Å². The van der Waals surface area contributed by atoms with Gasteiger partial charge in [0.2, 0.25) is 0 Å². The van der Waals surface area contributed by atoms with E-state index in [-0.39, 0.29) is 12.2 Å². The van der Waals surface area contributed by atoms with Crippen LogP contribution in [0.5, 0.6) is 0 Å². The molecular formula is C10H14O2. The third kappa shape index (κ3) is 0.679. The molecule has 0 unspecified atom stereocenters. The molecule has 0 saturated heterocycles. The summed E-state index contributed by atoms with van der Waals surface area (Å²) < 4.78 is 0. The van der Waals surface area contributed by atoms with Gasteiger partial charge >= 0.3 is 0 Å². The van der Waals surface area contributed by atoms with Gasteiger partial charge in [0.25, 0.3) is 0 Å². The second-order valence-electron chi connectivity index (χ2n) is 4.47. The largest absolute Gasteiger partial charge is 0.393 e. The minimum absolute atomic E-state index is 0.245. The van der Waals surface area contributed by atoms with Crippen molar-refractivity contribution >= 4 is 0 Å². The van der Waals surface area contributed by atoms with Gasteiger partial charge in [0.1, 0.15) is 0 Å². The van der Waals surface area contributed by atoms with Crippen LogP contribution in [0.4, 0.5) is 0 Å². The van der Waals surface area contributed by atoms with Crippen molar-refractivity contribution in [1.82, 2.24) is 0 Å². The first-order chi connectivity index (χ1) is 5.77. The van der Waals surface area contributed by atoms with Crippen LogP contribution in [0.3, 0.4) is 0 Å². The smallest absolute Gasteiger partial charge is 0.0602 e. The number of hydrogen-bond donors (Lipinski definition) is 2. The molecule has 0 aromatic heterocycles. The van der Waals surface area contributed by atoms with Crippen LogP contribution in [-0.4, -0.2) is 22.4 Å². The number of allylic oxidation sites excluding steroid dienone is 2. The van der Waals surface area contributed by atoms with E-state index in [1.807, 2.05) is 0 Å². The molecule has 0 radical (unpaired) electrons. The van der Waals surface area contributed by atoms with Gasteiger partial charge < -0.3 is 10.2 Å². The zero-order chi connectivity index (χ0) is 8.29. The van der Waals surface area contributed by atoms with E-state index < -0.39 is 0 Å². The molecule has 66 valence electrons. The van der Waals surface area contributed by atoms with Crippen molar-refractivity contribution in [2.75, 3.05) is 0 Å². The average Bonchev–Trinajstić information content (AvgIpc) is 2.64. The molecule has 3 rings (SSSR count). The monoisotopic (exact) mass is 166 g/mol. The van der Waals surface area contributed by atoms with E-state index in [0.717, 1.165) is 0 Å². The molecule has 12 heavy (non-hydrogen) atoms. The molecule has 0 aromatic carbocycles. The lowest BCUT2D eigenvalue weighted by molar-refractivity contribution is 0.108. The van der Waals surface area contributed by atoms with E-state index in [0.29, 0.717) is 30.1 Å². The Hall–Kier alpha value is -0.340. The molecule has 2 saturated carbocycles. The van der Waals surface area contributed by atoms with Crippen LogP contribution in [0.2, 0.25) is 0 Å². The van der Waals surface area contributed by atoms with E-state index in [1.165, 1.54) is 6.42 Å². The van der Waals surface area contributed by atoms with Crippen LogP contribution in [0, 0.1) is 23.7 Å². The van der Waals surface area contributed by atoms with Crippen LogP contribution in [0.15, 0.2) is 12.2 Å². The molecule has 0 heterocycles. The highest BCUT2D eigenvalue weighted by Gasteiger charge is 2.54. The van der Waals surface area contributed by atoms with Gasteiger partial charge in [-0.2, -0.15) is 0 Å². The second-order valence-corrected chi connectivity index (χ2v) is 4.47. The van der Waals surface area contributed by atoms with E-state index >= 15 is 0 Å². The SMILES string of the molecule is O[C@@H]1C[C@H](O)[C@@H]2[C@H]1[C@@H]1C=C[C@H]2C1. The summed E-state index contributed by atoms with van der Waals surface area (Å²) in [4.78, 5) is 0. The van der Waals surface area contributed by atoms with Crippen molar-refractivity contribution in [1.29, 1.82) is 0 Å². The zero-order valence-electron chi connectivity index (χ0n) is 6.93. The summed E-state index contributed by atoms with van der Waals surface area (Å²) in [6, 6.07) is 0. The molecule has 6 atom stereocenters. The summed E-state index contributed by atoms with van der Waals surface area (Å²) in [5.74, 6) is 1.87. The van der Waals surface area contributed by atoms with Crippen LogP contribution in [0.1, 0.15) is 12.8 Å². The van der Waals surface area contributed by atoms with E-state index in [1.54, 1.807) is 0 Å². The number of aliphatic hydroxyl groups excluding tert-OH is 2. The Labute approximate surface area is 71.9 Å². The third-order valence-electron chi connectivity index (χ3n) is 3.95. The lowest BCUT2D eigenvalue weighted by Crippen LogP contribution is -2.25. The van der Waals surface area contributed by atoms with Gasteiger partial charge in [0, 0.05) is 0 Å².